The minimum absolute atomic E-state index is 0.104. The number of fused-ring (bicyclic) bond motifs is 9. The van der Waals surface area contributed by atoms with Crippen molar-refractivity contribution in [3.8, 4) is 33.4 Å². The standard InChI is InChI=1S/C45H47B17O/c1-45(2)13-6-4-3-5-11(13)12-8-7-10(9-14(12)45)15-17-19(30(50)38(58)36(56)28(17)48)16(20-18(15)29(49)37(57)39(59)31(20)51)21-26(46)25-24-27(47)22-23(33(53)41(61)40(60)32(22)52)35(55)43(24)63-44(25)42(62)34(21)54/h3-9H,46-62H2,1-2H3. The van der Waals surface area contributed by atoms with E-state index in [1.54, 1.807) is 0 Å². The summed E-state index contributed by atoms with van der Waals surface area (Å²) >= 11 is 0. The minimum Gasteiger partial charge on any atom is -0.457 e. The molecule has 0 amide bonds. The highest BCUT2D eigenvalue weighted by molar-refractivity contribution is 6.74. The molecule has 0 bridgehead atoms. The molecule has 0 spiro atoms. The molecule has 0 radical (unpaired) electrons. The Hall–Kier alpha value is -4.56. The van der Waals surface area contributed by atoms with E-state index in [-0.39, 0.29) is 5.41 Å². The van der Waals surface area contributed by atoms with E-state index in [4.69, 9.17) is 4.42 Å². The molecule has 0 unspecified atom stereocenters. The summed E-state index contributed by atoms with van der Waals surface area (Å²) in [6.45, 7) is 4.82. The van der Waals surface area contributed by atoms with Crippen LogP contribution in [0.4, 0.5) is 0 Å². The second-order valence-corrected chi connectivity index (χ2v) is 20.4. The average Bonchev–Trinajstić information content (AvgIpc) is 3.78. The summed E-state index contributed by atoms with van der Waals surface area (Å²) in [7, 11) is 39.9. The van der Waals surface area contributed by atoms with E-state index in [0.717, 1.165) is 11.2 Å². The maximum absolute atomic E-state index is 7.20. The molecule has 8 aromatic carbocycles. The molecule has 1 aromatic heterocycles. The zero-order valence-electron chi connectivity index (χ0n) is 41.4. The van der Waals surface area contributed by atoms with Gasteiger partial charge in [-0.15, -0.1) is 32.8 Å². The summed E-state index contributed by atoms with van der Waals surface area (Å²) in [5, 5.41) is 10.8. The first-order valence-corrected chi connectivity index (χ1v) is 23.2. The second kappa shape index (κ2) is 14.0. The van der Waals surface area contributed by atoms with Crippen molar-refractivity contribution >= 4 is 281 Å². The van der Waals surface area contributed by atoms with Crippen molar-refractivity contribution in [1.82, 2.24) is 0 Å². The number of hydrogen-bond acceptors (Lipinski definition) is 1. The molecule has 0 N–H and O–H groups in total. The van der Waals surface area contributed by atoms with Crippen molar-refractivity contribution in [2.75, 3.05) is 0 Å². The Bertz CT molecular complexity index is 3600. The molecule has 0 saturated carbocycles. The van der Waals surface area contributed by atoms with Gasteiger partial charge in [-0.25, -0.2) is 0 Å². The van der Waals surface area contributed by atoms with E-state index in [1.807, 2.05) is 0 Å². The molecule has 284 valence electrons. The number of hydrogen-bond donors (Lipinski definition) is 0. The maximum Gasteiger partial charge on any atom is 0.145 e. The van der Waals surface area contributed by atoms with Crippen LogP contribution in [0.1, 0.15) is 25.0 Å². The van der Waals surface area contributed by atoms with Gasteiger partial charge in [0.25, 0.3) is 0 Å². The first-order chi connectivity index (χ1) is 29.7. The van der Waals surface area contributed by atoms with Crippen LogP contribution in [-0.2, 0) is 5.41 Å². The van der Waals surface area contributed by atoms with Gasteiger partial charge in [0.15, 0.2) is 0 Å². The molecule has 0 fully saturated rings. The van der Waals surface area contributed by atoms with E-state index < -0.39 is 0 Å². The summed E-state index contributed by atoms with van der Waals surface area (Å²) in [4.78, 5) is 0. The lowest BCUT2D eigenvalue weighted by Crippen LogP contribution is -2.50. The van der Waals surface area contributed by atoms with Gasteiger partial charge >= 0.3 is 0 Å². The third-order valence-corrected chi connectivity index (χ3v) is 17.6. The fourth-order valence-electron chi connectivity index (χ4n) is 12.8. The molecule has 0 aliphatic heterocycles. The Kier molecular flexibility index (Phi) is 9.40. The Labute approximate surface area is 388 Å². The first-order valence-electron chi connectivity index (χ1n) is 23.2. The number of furan rings is 1. The van der Waals surface area contributed by atoms with Gasteiger partial charge in [-0.2, -0.15) is 0 Å². The minimum atomic E-state index is -0.104. The zero-order chi connectivity index (χ0) is 45.4. The van der Waals surface area contributed by atoms with Crippen molar-refractivity contribution in [3.63, 3.8) is 0 Å². The Morgan fingerprint density at radius 3 is 1.25 bits per heavy atom. The predicted octanol–water partition coefficient (Wildman–Crippen LogP) is -16.9. The lowest BCUT2D eigenvalue weighted by molar-refractivity contribution is 0.660. The molecule has 1 nitrogen and oxygen atoms in total. The summed E-state index contributed by atoms with van der Waals surface area (Å²) < 4.78 is 7.20. The highest BCUT2D eigenvalue weighted by Crippen LogP contribution is 2.50. The molecular formula is C45H47B17O. The maximum atomic E-state index is 7.20. The van der Waals surface area contributed by atoms with Gasteiger partial charge in [0.05, 0.1) is 0 Å². The molecule has 0 saturated heterocycles. The van der Waals surface area contributed by atoms with Gasteiger partial charge in [-0.05, 0) is 88.4 Å². The third kappa shape index (κ3) is 5.25. The largest absolute Gasteiger partial charge is 0.457 e. The number of benzene rings is 8. The molecule has 9 aromatic rings. The summed E-state index contributed by atoms with van der Waals surface area (Å²) in [5.41, 5.74) is 35.9. The lowest BCUT2D eigenvalue weighted by Gasteiger charge is -2.30. The summed E-state index contributed by atoms with van der Waals surface area (Å²) in [6, 6.07) is 16.4. The van der Waals surface area contributed by atoms with Crippen LogP contribution in [0.2, 0.25) is 0 Å². The molecule has 63 heavy (non-hydrogen) atoms. The van der Waals surface area contributed by atoms with Crippen LogP contribution in [-0.4, -0.2) is 133 Å². The Balaban J connectivity index is 1.45. The predicted molar refractivity (Wildman–Crippen MR) is 334 cm³/mol. The summed E-state index contributed by atoms with van der Waals surface area (Å²) in [6.07, 6.45) is 0. The topological polar surface area (TPSA) is 13.1 Å². The molecular weight excluding hydrogens is 740 g/mol. The zero-order valence-corrected chi connectivity index (χ0v) is 41.4. The monoisotopic (exact) mass is 791 g/mol. The van der Waals surface area contributed by atoms with Crippen LogP contribution in [0, 0.1) is 0 Å². The molecule has 18 heteroatoms. The molecule has 0 atom stereocenters. The molecule has 10 rings (SSSR count). The van der Waals surface area contributed by atoms with Crippen LogP contribution in [0.3, 0.4) is 0 Å². The smallest absolute Gasteiger partial charge is 0.145 e. The van der Waals surface area contributed by atoms with Crippen LogP contribution >= 0.6 is 0 Å². The van der Waals surface area contributed by atoms with Crippen molar-refractivity contribution in [2.24, 2.45) is 0 Å². The van der Waals surface area contributed by atoms with Crippen molar-refractivity contribution in [2.45, 2.75) is 19.3 Å². The van der Waals surface area contributed by atoms with Gasteiger partial charge in [-0.3, -0.25) is 0 Å². The molecule has 1 heterocycles. The van der Waals surface area contributed by atoms with Crippen molar-refractivity contribution in [1.29, 1.82) is 0 Å². The highest BCUT2D eigenvalue weighted by atomic mass is 16.3. The van der Waals surface area contributed by atoms with Crippen molar-refractivity contribution < 1.29 is 4.42 Å². The summed E-state index contributed by atoms with van der Waals surface area (Å²) in [5.74, 6) is 0. The van der Waals surface area contributed by atoms with E-state index in [9.17, 15) is 0 Å². The number of rotatable bonds is 2. The van der Waals surface area contributed by atoms with E-state index in [2.05, 4.69) is 190 Å². The first kappa shape index (κ1) is 42.4. The Morgan fingerprint density at radius 2 is 0.730 bits per heavy atom. The highest BCUT2D eigenvalue weighted by Gasteiger charge is 2.36. The van der Waals surface area contributed by atoms with Gasteiger partial charge < -0.3 is 4.42 Å². The fourth-order valence-corrected chi connectivity index (χ4v) is 12.8. The van der Waals surface area contributed by atoms with E-state index in [0.29, 0.717) is 0 Å². The SMILES string of the molecule is Bc1c(-c2c3c(B)c(B)c(B)c(B)c3c(-c3ccc4c(c3)C(C)(C)c3ccccc3-4)c3c(B)c(B)c(B)c(B)c23)c(B)c2c(oc3c(B)c4c(B)c(B)c(B)c(B)c4c(B)c32)c1B. The Morgan fingerprint density at radius 1 is 0.317 bits per heavy atom. The van der Waals surface area contributed by atoms with Crippen LogP contribution < -0.4 is 92.9 Å². The second-order valence-electron chi connectivity index (χ2n) is 20.4. The quantitative estimate of drug-likeness (QED) is 0.126. The van der Waals surface area contributed by atoms with E-state index in [1.165, 1.54) is 180 Å². The van der Waals surface area contributed by atoms with Crippen LogP contribution in [0.15, 0.2) is 46.9 Å². The van der Waals surface area contributed by atoms with E-state index >= 15 is 0 Å². The van der Waals surface area contributed by atoms with Crippen LogP contribution in [0.5, 0.6) is 0 Å². The molecule has 1 aliphatic rings. The van der Waals surface area contributed by atoms with Gasteiger partial charge in [0, 0.05) is 16.2 Å². The lowest BCUT2D eigenvalue weighted by atomic mass is 9.58. The van der Waals surface area contributed by atoms with Gasteiger partial charge in [0.2, 0.25) is 0 Å². The van der Waals surface area contributed by atoms with Gasteiger partial charge in [-0.1, -0.05) is 105 Å². The average molecular weight is 788 g/mol. The van der Waals surface area contributed by atoms with Crippen LogP contribution in [0.25, 0.3) is 87.6 Å². The fraction of sp³-hybridized carbons (Fsp3) is 0.0667. The third-order valence-electron chi connectivity index (χ3n) is 17.6. The van der Waals surface area contributed by atoms with Gasteiger partial charge in [0.1, 0.15) is 145 Å². The van der Waals surface area contributed by atoms with Crippen molar-refractivity contribution in [3.05, 3.63) is 53.6 Å². The molecule has 1 aliphatic carbocycles. The normalized spacial score (nSPS) is 13.2.